The Bertz CT molecular complexity index is 148. The van der Waals surface area contributed by atoms with Crippen molar-refractivity contribution in [3.63, 3.8) is 0 Å². The maximum absolute atomic E-state index is 9.03. The highest BCUT2D eigenvalue weighted by Crippen LogP contribution is 2.14. The van der Waals surface area contributed by atoms with Crippen LogP contribution >= 0.6 is 0 Å². The minimum absolute atomic E-state index is 0.263. The second kappa shape index (κ2) is 6.38. The smallest absolute Gasteiger partial charge is 0.0584 e. The molecule has 2 N–H and O–H groups in total. The molecule has 0 bridgehead atoms. The SMILES string of the molecule is CCC(CO)NCC1CCCN(C)C1. The van der Waals surface area contributed by atoms with E-state index in [4.69, 9.17) is 5.11 Å². The number of aliphatic hydroxyl groups is 1. The molecule has 1 aliphatic heterocycles. The second-order valence-electron chi connectivity index (χ2n) is 4.47. The molecule has 3 nitrogen and oxygen atoms in total. The second-order valence-corrected chi connectivity index (χ2v) is 4.47. The maximum atomic E-state index is 9.03. The zero-order chi connectivity index (χ0) is 10.4. The standard InChI is InChI=1S/C11H24N2O/c1-3-11(9-14)12-7-10-5-4-6-13(2)8-10/h10-12,14H,3-9H2,1-2H3. The van der Waals surface area contributed by atoms with E-state index >= 15 is 0 Å². The normalized spacial score (nSPS) is 26.4. The molecule has 14 heavy (non-hydrogen) atoms. The van der Waals surface area contributed by atoms with Gasteiger partial charge in [0.1, 0.15) is 0 Å². The van der Waals surface area contributed by atoms with Crippen molar-refractivity contribution in [1.29, 1.82) is 0 Å². The van der Waals surface area contributed by atoms with Crippen LogP contribution < -0.4 is 5.32 Å². The monoisotopic (exact) mass is 200 g/mol. The van der Waals surface area contributed by atoms with Gasteiger partial charge in [-0.25, -0.2) is 0 Å². The van der Waals surface area contributed by atoms with Crippen LogP contribution in [0.3, 0.4) is 0 Å². The van der Waals surface area contributed by atoms with Crippen LogP contribution in [0, 0.1) is 5.92 Å². The van der Waals surface area contributed by atoms with Crippen molar-refractivity contribution in [2.45, 2.75) is 32.2 Å². The Kier molecular flexibility index (Phi) is 5.45. The third-order valence-electron chi connectivity index (χ3n) is 3.13. The summed E-state index contributed by atoms with van der Waals surface area (Å²) in [6, 6.07) is 0.294. The summed E-state index contributed by atoms with van der Waals surface area (Å²) in [5.74, 6) is 0.773. The molecule has 0 aromatic carbocycles. The summed E-state index contributed by atoms with van der Waals surface area (Å²) in [5, 5.41) is 12.5. The van der Waals surface area contributed by atoms with Crippen LogP contribution in [0.25, 0.3) is 0 Å². The van der Waals surface area contributed by atoms with Crippen LogP contribution in [0.15, 0.2) is 0 Å². The van der Waals surface area contributed by atoms with Crippen LogP contribution in [0.1, 0.15) is 26.2 Å². The summed E-state index contributed by atoms with van der Waals surface area (Å²) >= 11 is 0. The quantitative estimate of drug-likeness (QED) is 0.685. The minimum atomic E-state index is 0.263. The first-order valence-electron chi connectivity index (χ1n) is 5.79. The van der Waals surface area contributed by atoms with Crippen molar-refractivity contribution < 1.29 is 5.11 Å². The lowest BCUT2D eigenvalue weighted by Gasteiger charge is -2.30. The number of likely N-dealkylation sites (tertiary alicyclic amines) is 1. The predicted molar refractivity (Wildman–Crippen MR) is 59.4 cm³/mol. The number of hydrogen-bond donors (Lipinski definition) is 2. The van der Waals surface area contributed by atoms with E-state index in [-0.39, 0.29) is 6.61 Å². The largest absolute Gasteiger partial charge is 0.395 e. The summed E-state index contributed by atoms with van der Waals surface area (Å²) in [6.45, 7) is 5.88. The lowest BCUT2D eigenvalue weighted by atomic mass is 9.98. The van der Waals surface area contributed by atoms with Gasteiger partial charge in [-0.3, -0.25) is 0 Å². The van der Waals surface area contributed by atoms with E-state index in [1.165, 1.54) is 25.9 Å². The Labute approximate surface area is 87.5 Å². The molecular formula is C11H24N2O. The van der Waals surface area contributed by atoms with Crippen molar-refractivity contribution in [3.8, 4) is 0 Å². The first-order chi connectivity index (χ1) is 6.76. The Morgan fingerprint density at radius 3 is 2.93 bits per heavy atom. The highest BCUT2D eigenvalue weighted by atomic mass is 16.3. The molecule has 1 aliphatic rings. The maximum Gasteiger partial charge on any atom is 0.0584 e. The molecule has 0 aromatic heterocycles. The third kappa shape index (κ3) is 3.95. The van der Waals surface area contributed by atoms with Gasteiger partial charge < -0.3 is 15.3 Å². The van der Waals surface area contributed by atoms with Crippen molar-refractivity contribution in [2.75, 3.05) is 33.3 Å². The van der Waals surface area contributed by atoms with E-state index in [1.807, 2.05) is 0 Å². The van der Waals surface area contributed by atoms with Crippen molar-refractivity contribution in [1.82, 2.24) is 10.2 Å². The molecule has 0 aliphatic carbocycles. The topological polar surface area (TPSA) is 35.5 Å². The van der Waals surface area contributed by atoms with Crippen molar-refractivity contribution in [3.05, 3.63) is 0 Å². The zero-order valence-corrected chi connectivity index (χ0v) is 9.50. The van der Waals surface area contributed by atoms with Gasteiger partial charge in [-0.2, -0.15) is 0 Å². The van der Waals surface area contributed by atoms with Gasteiger partial charge in [-0.1, -0.05) is 6.92 Å². The van der Waals surface area contributed by atoms with Crippen LogP contribution in [-0.4, -0.2) is 49.3 Å². The molecular weight excluding hydrogens is 176 g/mol. The molecule has 0 amide bonds. The molecule has 1 rings (SSSR count). The van der Waals surface area contributed by atoms with E-state index < -0.39 is 0 Å². The molecule has 1 heterocycles. The summed E-state index contributed by atoms with van der Waals surface area (Å²) in [7, 11) is 2.19. The summed E-state index contributed by atoms with van der Waals surface area (Å²) in [4.78, 5) is 2.40. The average molecular weight is 200 g/mol. The molecule has 2 atom stereocenters. The van der Waals surface area contributed by atoms with Crippen LogP contribution in [0.2, 0.25) is 0 Å². The molecule has 0 radical (unpaired) electrons. The van der Waals surface area contributed by atoms with Gasteiger partial charge in [0.25, 0.3) is 0 Å². The first-order valence-corrected chi connectivity index (χ1v) is 5.79. The highest BCUT2D eigenvalue weighted by Gasteiger charge is 2.17. The van der Waals surface area contributed by atoms with Gasteiger partial charge in [0.15, 0.2) is 0 Å². The fourth-order valence-corrected chi connectivity index (χ4v) is 2.11. The number of hydrogen-bond acceptors (Lipinski definition) is 3. The molecule has 2 unspecified atom stereocenters. The Balaban J connectivity index is 2.16. The number of aliphatic hydroxyl groups excluding tert-OH is 1. The Morgan fingerprint density at radius 2 is 2.36 bits per heavy atom. The number of nitrogens with one attached hydrogen (secondary N) is 1. The van der Waals surface area contributed by atoms with Crippen LogP contribution in [-0.2, 0) is 0 Å². The summed E-state index contributed by atoms with van der Waals surface area (Å²) in [5.41, 5.74) is 0. The first kappa shape index (κ1) is 12.0. The van der Waals surface area contributed by atoms with Gasteiger partial charge in [0.05, 0.1) is 6.61 Å². The molecule has 0 aromatic rings. The number of rotatable bonds is 5. The van der Waals surface area contributed by atoms with Crippen molar-refractivity contribution in [2.24, 2.45) is 5.92 Å². The minimum Gasteiger partial charge on any atom is -0.395 e. The van der Waals surface area contributed by atoms with Crippen LogP contribution in [0.4, 0.5) is 0 Å². The Morgan fingerprint density at radius 1 is 1.57 bits per heavy atom. The van der Waals surface area contributed by atoms with Gasteiger partial charge in [0.2, 0.25) is 0 Å². The third-order valence-corrected chi connectivity index (χ3v) is 3.13. The van der Waals surface area contributed by atoms with E-state index in [0.29, 0.717) is 6.04 Å². The van der Waals surface area contributed by atoms with Crippen molar-refractivity contribution >= 4 is 0 Å². The molecule has 84 valence electrons. The lowest BCUT2D eigenvalue weighted by molar-refractivity contribution is 0.188. The summed E-state index contributed by atoms with van der Waals surface area (Å²) in [6.07, 6.45) is 3.66. The predicted octanol–water partition coefficient (Wildman–Crippen LogP) is 0.689. The number of piperidine rings is 1. The zero-order valence-electron chi connectivity index (χ0n) is 9.50. The van der Waals surface area contributed by atoms with Crippen LogP contribution in [0.5, 0.6) is 0 Å². The fraction of sp³-hybridized carbons (Fsp3) is 1.00. The molecule has 0 spiro atoms. The fourth-order valence-electron chi connectivity index (χ4n) is 2.11. The molecule has 1 fully saturated rings. The van der Waals surface area contributed by atoms with E-state index in [9.17, 15) is 0 Å². The van der Waals surface area contributed by atoms with Gasteiger partial charge in [0, 0.05) is 12.6 Å². The van der Waals surface area contributed by atoms with Gasteiger partial charge in [-0.15, -0.1) is 0 Å². The molecule has 3 heteroatoms. The Hall–Kier alpha value is -0.120. The highest BCUT2D eigenvalue weighted by molar-refractivity contribution is 4.74. The number of nitrogens with zero attached hydrogens (tertiary/aromatic N) is 1. The molecule has 0 saturated carbocycles. The van der Waals surface area contributed by atoms with Gasteiger partial charge >= 0.3 is 0 Å². The van der Waals surface area contributed by atoms with E-state index in [2.05, 4.69) is 24.2 Å². The molecule has 1 saturated heterocycles. The average Bonchev–Trinajstić information content (AvgIpc) is 2.19. The lowest BCUT2D eigenvalue weighted by Crippen LogP contribution is -2.41. The van der Waals surface area contributed by atoms with Gasteiger partial charge in [-0.05, 0) is 45.3 Å². The van der Waals surface area contributed by atoms with E-state index in [1.54, 1.807) is 0 Å². The van der Waals surface area contributed by atoms with E-state index in [0.717, 1.165) is 18.9 Å². The summed E-state index contributed by atoms with van der Waals surface area (Å²) < 4.78 is 0.